The van der Waals surface area contributed by atoms with Gasteiger partial charge in [-0.2, -0.15) is 0 Å². The van der Waals surface area contributed by atoms with Crippen LogP contribution in [-0.4, -0.2) is 21.5 Å². The zero-order valence-corrected chi connectivity index (χ0v) is 16.1. The van der Waals surface area contributed by atoms with Crippen molar-refractivity contribution in [1.82, 2.24) is 15.0 Å². The van der Waals surface area contributed by atoms with Crippen molar-refractivity contribution >= 4 is 39.7 Å². The van der Waals surface area contributed by atoms with Gasteiger partial charge in [-0.1, -0.05) is 27.7 Å². The highest BCUT2D eigenvalue weighted by atomic mass is 127. The number of aryl methyl sites for hydroxylation is 1. The molecule has 0 saturated heterocycles. The number of aromatic nitrogens is 3. The van der Waals surface area contributed by atoms with E-state index in [2.05, 4.69) is 65.6 Å². The van der Waals surface area contributed by atoms with E-state index in [1.807, 2.05) is 12.3 Å². The van der Waals surface area contributed by atoms with Crippen LogP contribution in [0, 0.1) is 10.5 Å². The minimum absolute atomic E-state index is 0.0600. The van der Waals surface area contributed by atoms with Gasteiger partial charge in [0.2, 0.25) is 0 Å². The standard InChI is InChI=1S/C15H21IN4S/c1-6-7-17-13-11(16)9(2)18-12(20-13)10-8-21-14(19-10)15(3,4)5/h8H,6-7H2,1-5H3,(H,17,18,20). The number of hydrogen-bond acceptors (Lipinski definition) is 5. The molecule has 0 aliphatic heterocycles. The summed E-state index contributed by atoms with van der Waals surface area (Å²) in [6.45, 7) is 11.6. The lowest BCUT2D eigenvalue weighted by molar-refractivity contribution is 0.586. The van der Waals surface area contributed by atoms with E-state index < -0.39 is 0 Å². The SMILES string of the molecule is CCCNc1nc(-c2csc(C(C)(C)C)n2)nc(C)c1I. The Morgan fingerprint density at radius 1 is 1.24 bits per heavy atom. The van der Waals surface area contributed by atoms with Crippen LogP contribution in [0.5, 0.6) is 0 Å². The van der Waals surface area contributed by atoms with Crippen molar-refractivity contribution in [3.8, 4) is 11.5 Å². The summed E-state index contributed by atoms with van der Waals surface area (Å²) in [5.74, 6) is 1.61. The minimum atomic E-state index is 0.0600. The molecule has 0 atom stereocenters. The van der Waals surface area contributed by atoms with Crippen LogP contribution < -0.4 is 5.32 Å². The maximum atomic E-state index is 4.71. The molecule has 21 heavy (non-hydrogen) atoms. The van der Waals surface area contributed by atoms with E-state index in [0.717, 1.165) is 38.7 Å². The molecule has 0 fully saturated rings. The zero-order chi connectivity index (χ0) is 15.6. The highest BCUT2D eigenvalue weighted by Gasteiger charge is 2.20. The zero-order valence-electron chi connectivity index (χ0n) is 13.1. The van der Waals surface area contributed by atoms with Crippen molar-refractivity contribution in [3.63, 3.8) is 0 Å². The first kappa shape index (κ1) is 16.6. The van der Waals surface area contributed by atoms with E-state index in [1.54, 1.807) is 11.3 Å². The Labute approximate surface area is 144 Å². The number of nitrogens with one attached hydrogen (secondary N) is 1. The molecule has 0 radical (unpaired) electrons. The van der Waals surface area contributed by atoms with Crippen LogP contribution in [0.25, 0.3) is 11.5 Å². The summed E-state index contributed by atoms with van der Waals surface area (Å²) in [4.78, 5) is 14.0. The molecular weight excluding hydrogens is 395 g/mol. The molecule has 6 heteroatoms. The van der Waals surface area contributed by atoms with Gasteiger partial charge in [-0.3, -0.25) is 0 Å². The summed E-state index contributed by atoms with van der Waals surface area (Å²) >= 11 is 3.97. The average molecular weight is 416 g/mol. The molecule has 114 valence electrons. The summed E-state index contributed by atoms with van der Waals surface area (Å²) in [7, 11) is 0. The number of anilines is 1. The maximum Gasteiger partial charge on any atom is 0.181 e. The van der Waals surface area contributed by atoms with E-state index in [9.17, 15) is 0 Å². The van der Waals surface area contributed by atoms with E-state index in [1.165, 1.54) is 0 Å². The van der Waals surface area contributed by atoms with Gasteiger partial charge in [0.05, 0.1) is 14.3 Å². The van der Waals surface area contributed by atoms with Crippen molar-refractivity contribution in [3.05, 3.63) is 19.7 Å². The van der Waals surface area contributed by atoms with Crippen LogP contribution in [0.1, 0.15) is 44.8 Å². The Bertz CT molecular complexity index is 631. The van der Waals surface area contributed by atoms with Gasteiger partial charge in [-0.15, -0.1) is 11.3 Å². The molecule has 0 aliphatic rings. The predicted molar refractivity (Wildman–Crippen MR) is 98.1 cm³/mol. The van der Waals surface area contributed by atoms with E-state index in [-0.39, 0.29) is 5.41 Å². The molecule has 0 aliphatic carbocycles. The van der Waals surface area contributed by atoms with Crippen molar-refractivity contribution < 1.29 is 0 Å². The second kappa shape index (κ2) is 6.56. The smallest absolute Gasteiger partial charge is 0.181 e. The summed E-state index contributed by atoms with van der Waals surface area (Å²) in [6, 6.07) is 0. The molecule has 0 unspecified atom stereocenters. The molecule has 2 aromatic heterocycles. The molecule has 2 aromatic rings. The van der Waals surface area contributed by atoms with Crippen molar-refractivity contribution in [2.75, 3.05) is 11.9 Å². The topological polar surface area (TPSA) is 50.7 Å². The Balaban J connectivity index is 2.40. The molecule has 0 amide bonds. The Morgan fingerprint density at radius 3 is 2.52 bits per heavy atom. The lowest BCUT2D eigenvalue weighted by Crippen LogP contribution is -2.11. The van der Waals surface area contributed by atoms with Gasteiger partial charge in [-0.05, 0) is 35.9 Å². The van der Waals surface area contributed by atoms with Gasteiger partial charge in [0.15, 0.2) is 5.82 Å². The van der Waals surface area contributed by atoms with Crippen molar-refractivity contribution in [2.45, 2.75) is 46.5 Å². The Kier molecular flexibility index (Phi) is 5.19. The highest BCUT2D eigenvalue weighted by molar-refractivity contribution is 14.1. The average Bonchev–Trinajstić information content (AvgIpc) is 2.90. The van der Waals surface area contributed by atoms with Gasteiger partial charge in [-0.25, -0.2) is 15.0 Å². The van der Waals surface area contributed by atoms with Gasteiger partial charge in [0, 0.05) is 17.3 Å². The molecule has 4 nitrogen and oxygen atoms in total. The number of rotatable bonds is 4. The maximum absolute atomic E-state index is 4.71. The fraction of sp³-hybridized carbons (Fsp3) is 0.533. The second-order valence-electron chi connectivity index (χ2n) is 6.01. The Morgan fingerprint density at radius 2 is 1.95 bits per heavy atom. The lowest BCUT2D eigenvalue weighted by atomic mass is 9.98. The summed E-state index contributed by atoms with van der Waals surface area (Å²) in [5, 5.41) is 6.53. The van der Waals surface area contributed by atoms with Gasteiger partial charge >= 0.3 is 0 Å². The van der Waals surface area contributed by atoms with Crippen molar-refractivity contribution in [2.24, 2.45) is 0 Å². The largest absolute Gasteiger partial charge is 0.369 e. The van der Waals surface area contributed by atoms with E-state index in [4.69, 9.17) is 4.98 Å². The van der Waals surface area contributed by atoms with Gasteiger partial charge in [0.25, 0.3) is 0 Å². The van der Waals surface area contributed by atoms with E-state index in [0.29, 0.717) is 5.82 Å². The molecule has 2 rings (SSSR count). The third-order valence-electron chi connectivity index (χ3n) is 2.93. The molecule has 2 heterocycles. The predicted octanol–water partition coefficient (Wildman–Crippen LogP) is 4.63. The minimum Gasteiger partial charge on any atom is -0.369 e. The van der Waals surface area contributed by atoms with Crippen LogP contribution in [0.4, 0.5) is 5.82 Å². The highest BCUT2D eigenvalue weighted by Crippen LogP contribution is 2.30. The monoisotopic (exact) mass is 416 g/mol. The van der Waals surface area contributed by atoms with Crippen LogP contribution in [0.3, 0.4) is 0 Å². The second-order valence-corrected chi connectivity index (χ2v) is 7.95. The van der Waals surface area contributed by atoms with Crippen LogP contribution >= 0.6 is 33.9 Å². The fourth-order valence-electron chi connectivity index (χ4n) is 1.76. The molecule has 1 N–H and O–H groups in total. The van der Waals surface area contributed by atoms with Crippen LogP contribution in [-0.2, 0) is 5.41 Å². The molecule has 0 bridgehead atoms. The normalized spacial score (nSPS) is 11.7. The number of hydrogen-bond donors (Lipinski definition) is 1. The van der Waals surface area contributed by atoms with Crippen LogP contribution in [0.2, 0.25) is 0 Å². The first-order valence-electron chi connectivity index (χ1n) is 7.07. The third-order valence-corrected chi connectivity index (χ3v) is 5.49. The number of thiazole rings is 1. The van der Waals surface area contributed by atoms with E-state index >= 15 is 0 Å². The van der Waals surface area contributed by atoms with Crippen LogP contribution in [0.15, 0.2) is 5.38 Å². The fourth-order valence-corrected chi connectivity index (χ4v) is 3.07. The first-order valence-corrected chi connectivity index (χ1v) is 9.03. The first-order chi connectivity index (χ1) is 9.82. The molecule has 0 saturated carbocycles. The Hall–Kier alpha value is -0.760. The molecule has 0 aromatic carbocycles. The quantitative estimate of drug-likeness (QED) is 0.739. The molecule has 0 spiro atoms. The number of halogens is 1. The lowest BCUT2D eigenvalue weighted by Gasteiger charge is -2.13. The molecular formula is C15H21IN4S. The summed E-state index contributed by atoms with van der Waals surface area (Å²) in [6.07, 6.45) is 1.07. The van der Waals surface area contributed by atoms with Crippen molar-refractivity contribution in [1.29, 1.82) is 0 Å². The number of nitrogens with zero attached hydrogens (tertiary/aromatic N) is 3. The summed E-state index contributed by atoms with van der Waals surface area (Å²) in [5.41, 5.74) is 1.92. The summed E-state index contributed by atoms with van der Waals surface area (Å²) < 4.78 is 1.08. The van der Waals surface area contributed by atoms with Gasteiger partial charge < -0.3 is 5.32 Å². The van der Waals surface area contributed by atoms with Gasteiger partial charge in [0.1, 0.15) is 11.5 Å². The third kappa shape index (κ3) is 3.91.